The molecular formula is C18H22O5. The normalized spacial score (nSPS) is 12.5. The van der Waals surface area contributed by atoms with Crippen LogP contribution in [0.5, 0.6) is 5.75 Å². The van der Waals surface area contributed by atoms with Crippen LogP contribution in [0.2, 0.25) is 0 Å². The van der Waals surface area contributed by atoms with Gasteiger partial charge in [-0.3, -0.25) is 9.59 Å². The van der Waals surface area contributed by atoms with Crippen molar-refractivity contribution in [1.82, 2.24) is 0 Å². The van der Waals surface area contributed by atoms with Gasteiger partial charge in [0.2, 0.25) is 0 Å². The molecule has 23 heavy (non-hydrogen) atoms. The van der Waals surface area contributed by atoms with Crippen LogP contribution in [0.15, 0.2) is 35.9 Å². The molecule has 0 spiro atoms. The van der Waals surface area contributed by atoms with Gasteiger partial charge in [-0.1, -0.05) is 18.2 Å². The van der Waals surface area contributed by atoms with Crippen molar-refractivity contribution in [1.29, 1.82) is 0 Å². The summed E-state index contributed by atoms with van der Waals surface area (Å²) in [5, 5.41) is 9.19. The largest absolute Gasteiger partial charge is 0.508 e. The number of hydrogen-bond donors (Lipinski definition) is 1. The summed E-state index contributed by atoms with van der Waals surface area (Å²) in [6.45, 7) is 1.98. The fraction of sp³-hybridized carbons (Fsp3) is 0.389. The Kier molecular flexibility index (Phi) is 8.36. The fourth-order valence-electron chi connectivity index (χ4n) is 2.24. The number of hydrogen-bond acceptors (Lipinski definition) is 5. The number of rotatable bonds is 10. The van der Waals surface area contributed by atoms with E-state index in [2.05, 4.69) is 0 Å². The lowest BCUT2D eigenvalue weighted by Crippen LogP contribution is -2.15. The molecule has 0 heterocycles. The van der Waals surface area contributed by atoms with Crippen molar-refractivity contribution < 1.29 is 24.2 Å². The van der Waals surface area contributed by atoms with Crippen LogP contribution in [-0.2, 0) is 25.5 Å². The number of phenols is 1. The quantitative estimate of drug-likeness (QED) is 0.310. The minimum Gasteiger partial charge on any atom is -0.508 e. The first-order valence-corrected chi connectivity index (χ1v) is 7.59. The predicted octanol–water partition coefficient (Wildman–Crippen LogP) is 2.61. The van der Waals surface area contributed by atoms with E-state index < -0.39 is 11.9 Å². The molecule has 0 radical (unpaired) electrons. The molecule has 0 bridgehead atoms. The summed E-state index contributed by atoms with van der Waals surface area (Å²) in [6, 6.07) is 6.87. The Morgan fingerprint density at radius 2 is 1.96 bits per heavy atom. The number of benzene rings is 1. The number of aryl methyl sites for hydroxylation is 1. The highest BCUT2D eigenvalue weighted by Gasteiger charge is 2.18. The van der Waals surface area contributed by atoms with E-state index >= 15 is 0 Å². The zero-order valence-electron chi connectivity index (χ0n) is 13.2. The van der Waals surface area contributed by atoms with Gasteiger partial charge >= 0.3 is 5.97 Å². The van der Waals surface area contributed by atoms with E-state index in [0.29, 0.717) is 24.6 Å². The number of allylic oxidation sites excluding steroid dienone is 2. The third-order valence-corrected chi connectivity index (χ3v) is 3.54. The molecule has 1 N–H and O–H groups in total. The van der Waals surface area contributed by atoms with E-state index in [1.807, 2.05) is 12.1 Å². The molecule has 1 aromatic carbocycles. The summed E-state index contributed by atoms with van der Waals surface area (Å²) >= 11 is 0. The first-order valence-electron chi connectivity index (χ1n) is 7.59. The van der Waals surface area contributed by atoms with Gasteiger partial charge in [-0.05, 0) is 43.0 Å². The molecule has 124 valence electrons. The molecule has 0 saturated carbocycles. The maximum atomic E-state index is 11.8. The average molecular weight is 318 g/mol. The maximum Gasteiger partial charge on any atom is 0.306 e. The van der Waals surface area contributed by atoms with E-state index in [-0.39, 0.29) is 25.2 Å². The first kappa shape index (κ1) is 18.6. The summed E-state index contributed by atoms with van der Waals surface area (Å²) < 4.78 is 5.16. The van der Waals surface area contributed by atoms with Gasteiger partial charge in [-0.2, -0.15) is 0 Å². The fourth-order valence-corrected chi connectivity index (χ4v) is 2.24. The van der Waals surface area contributed by atoms with Crippen LogP contribution in [0.25, 0.3) is 0 Å². The van der Waals surface area contributed by atoms with Gasteiger partial charge in [-0.25, -0.2) is 0 Å². The Balaban J connectivity index is 2.36. The highest BCUT2D eigenvalue weighted by Crippen LogP contribution is 2.18. The number of carbonyl (C=O) groups excluding carboxylic acids is 3. The molecule has 0 aliphatic rings. The van der Waals surface area contributed by atoms with Crippen molar-refractivity contribution in [3.63, 3.8) is 0 Å². The molecule has 0 fully saturated rings. The molecular weight excluding hydrogens is 296 g/mol. The minimum absolute atomic E-state index is 0.0242. The molecule has 0 saturated heterocycles. The van der Waals surface area contributed by atoms with Crippen LogP contribution in [0, 0.1) is 5.92 Å². The lowest BCUT2D eigenvalue weighted by atomic mass is 9.93. The molecule has 0 amide bonds. The Bertz CT molecular complexity index is 545. The van der Waals surface area contributed by atoms with Gasteiger partial charge in [0.15, 0.2) is 0 Å². The van der Waals surface area contributed by atoms with Crippen molar-refractivity contribution in [2.75, 3.05) is 6.61 Å². The van der Waals surface area contributed by atoms with Crippen molar-refractivity contribution in [2.24, 2.45) is 5.92 Å². The Labute approximate surface area is 136 Å². The highest BCUT2D eigenvalue weighted by atomic mass is 16.5. The standard InChI is InChI=1S/C18H22O5/c1-2-15(13-20)16(9-10-19)12-18(22)23-11-3-4-14-5-7-17(21)8-6-14/h2,5-8,10,13,16,21H,3-4,9,11-12H2,1H3/b15-2-/t16-/m0/s1. The van der Waals surface area contributed by atoms with Crippen LogP contribution in [-0.4, -0.2) is 30.3 Å². The second kappa shape index (κ2) is 10.3. The van der Waals surface area contributed by atoms with Crippen LogP contribution in [0.4, 0.5) is 0 Å². The summed E-state index contributed by atoms with van der Waals surface area (Å²) in [5.41, 5.74) is 1.49. The smallest absolute Gasteiger partial charge is 0.306 e. The van der Waals surface area contributed by atoms with E-state index in [4.69, 9.17) is 4.74 Å². The van der Waals surface area contributed by atoms with Crippen molar-refractivity contribution >= 4 is 18.5 Å². The van der Waals surface area contributed by atoms with Gasteiger partial charge < -0.3 is 14.6 Å². The molecule has 1 atom stereocenters. The van der Waals surface area contributed by atoms with Crippen molar-refractivity contribution in [3.8, 4) is 5.75 Å². The monoisotopic (exact) mass is 318 g/mol. The van der Waals surface area contributed by atoms with Crippen molar-refractivity contribution in [3.05, 3.63) is 41.5 Å². The summed E-state index contributed by atoms with van der Waals surface area (Å²) in [7, 11) is 0. The summed E-state index contributed by atoms with van der Waals surface area (Å²) in [6.07, 6.45) is 4.54. The molecule has 1 aromatic rings. The number of aromatic hydroxyl groups is 1. The molecule has 5 nitrogen and oxygen atoms in total. The topological polar surface area (TPSA) is 80.7 Å². The SMILES string of the molecule is C/C=C(/C=O)[C@@H](CC=O)CC(=O)OCCCc1ccc(O)cc1. The molecule has 0 aliphatic carbocycles. The Hall–Kier alpha value is -2.43. The minimum atomic E-state index is -0.417. The number of aldehydes is 2. The molecule has 0 aliphatic heterocycles. The van der Waals surface area contributed by atoms with Crippen molar-refractivity contribution in [2.45, 2.75) is 32.6 Å². The average Bonchev–Trinajstić information content (AvgIpc) is 2.54. The third-order valence-electron chi connectivity index (χ3n) is 3.54. The summed E-state index contributed by atoms with van der Waals surface area (Å²) in [5.74, 6) is -0.611. The van der Waals surface area contributed by atoms with Crippen LogP contribution in [0.3, 0.4) is 0 Å². The molecule has 1 rings (SSSR count). The molecule has 0 unspecified atom stereocenters. The molecule has 0 aromatic heterocycles. The van der Waals surface area contributed by atoms with Gasteiger partial charge in [0.25, 0.3) is 0 Å². The van der Waals surface area contributed by atoms with E-state index in [0.717, 1.165) is 12.0 Å². The molecule has 5 heteroatoms. The van der Waals surface area contributed by atoms with Crippen LogP contribution < -0.4 is 0 Å². The number of ether oxygens (including phenoxy) is 1. The number of esters is 1. The van der Waals surface area contributed by atoms with Gasteiger partial charge in [0, 0.05) is 12.3 Å². The highest BCUT2D eigenvalue weighted by molar-refractivity contribution is 5.78. The number of carbonyl (C=O) groups is 3. The van der Waals surface area contributed by atoms with Crippen LogP contribution in [0.1, 0.15) is 31.7 Å². The van der Waals surface area contributed by atoms with Gasteiger partial charge in [0.1, 0.15) is 18.3 Å². The van der Waals surface area contributed by atoms with Gasteiger partial charge in [-0.15, -0.1) is 0 Å². The maximum absolute atomic E-state index is 11.8. The lowest BCUT2D eigenvalue weighted by molar-refractivity contribution is -0.144. The summed E-state index contributed by atoms with van der Waals surface area (Å²) in [4.78, 5) is 33.4. The number of phenolic OH excluding ortho intramolecular Hbond substituents is 1. The first-order chi connectivity index (χ1) is 11.1. The zero-order valence-corrected chi connectivity index (χ0v) is 13.2. The third kappa shape index (κ3) is 6.91. The second-order valence-corrected chi connectivity index (χ2v) is 5.20. The van der Waals surface area contributed by atoms with Crippen LogP contribution >= 0.6 is 0 Å². The van der Waals surface area contributed by atoms with E-state index in [9.17, 15) is 19.5 Å². The zero-order chi connectivity index (χ0) is 17.1. The lowest BCUT2D eigenvalue weighted by Gasteiger charge is -2.13. The Morgan fingerprint density at radius 1 is 1.26 bits per heavy atom. The van der Waals surface area contributed by atoms with E-state index in [1.54, 1.807) is 25.1 Å². The van der Waals surface area contributed by atoms with E-state index in [1.165, 1.54) is 0 Å². The Morgan fingerprint density at radius 3 is 2.52 bits per heavy atom. The van der Waals surface area contributed by atoms with Gasteiger partial charge in [0.05, 0.1) is 13.0 Å². The predicted molar refractivity (Wildman–Crippen MR) is 86.0 cm³/mol. The second-order valence-electron chi connectivity index (χ2n) is 5.20.